The number of rotatable bonds is 3. The minimum Gasteiger partial charge on any atom is -0.300 e. The quantitative estimate of drug-likeness (QED) is 0.591. The molecule has 0 heterocycles. The second-order valence-corrected chi connectivity index (χ2v) is 3.98. The summed E-state index contributed by atoms with van der Waals surface area (Å²) >= 11 is 0. The first kappa shape index (κ1) is 9.76. The van der Waals surface area contributed by atoms with Crippen molar-refractivity contribution in [3.8, 4) is 0 Å². The first-order valence-electron chi connectivity index (χ1n) is 5.34. The van der Waals surface area contributed by atoms with E-state index < -0.39 is 0 Å². The molecule has 70 valence electrons. The van der Waals surface area contributed by atoms with Crippen molar-refractivity contribution < 1.29 is 4.79 Å². The molecule has 1 unspecified atom stereocenters. The van der Waals surface area contributed by atoms with Gasteiger partial charge in [0.15, 0.2) is 0 Å². The zero-order valence-electron chi connectivity index (χ0n) is 8.14. The molecule has 1 saturated carbocycles. The highest BCUT2D eigenvalue weighted by Gasteiger charge is 2.15. The van der Waals surface area contributed by atoms with Crippen LogP contribution in [0.25, 0.3) is 0 Å². The Bertz CT molecular complexity index is 140. The number of ketones is 1. The Morgan fingerprint density at radius 2 is 2.17 bits per heavy atom. The average molecular weight is 168 g/mol. The van der Waals surface area contributed by atoms with Crippen LogP contribution in [0.5, 0.6) is 0 Å². The van der Waals surface area contributed by atoms with Gasteiger partial charge in [0.05, 0.1) is 0 Å². The van der Waals surface area contributed by atoms with Crippen molar-refractivity contribution in [1.29, 1.82) is 0 Å². The minimum atomic E-state index is 0.494. The van der Waals surface area contributed by atoms with Crippen molar-refractivity contribution in [3.05, 3.63) is 0 Å². The zero-order valence-corrected chi connectivity index (χ0v) is 8.14. The van der Waals surface area contributed by atoms with Crippen molar-refractivity contribution in [3.63, 3.8) is 0 Å². The highest BCUT2D eigenvalue weighted by Crippen LogP contribution is 2.25. The molecule has 0 aromatic carbocycles. The molecule has 0 aromatic heterocycles. The molecule has 0 amide bonds. The van der Waals surface area contributed by atoms with Crippen molar-refractivity contribution in [2.24, 2.45) is 5.92 Å². The minimum absolute atomic E-state index is 0.494. The normalized spacial score (nSPS) is 25.4. The molecule has 1 fully saturated rings. The molecule has 0 N–H and O–H groups in total. The maximum Gasteiger partial charge on any atom is 0.132 e. The van der Waals surface area contributed by atoms with Crippen molar-refractivity contribution in [2.75, 3.05) is 0 Å². The average Bonchev–Trinajstić information content (AvgIpc) is 2.27. The predicted octanol–water partition coefficient (Wildman–Crippen LogP) is 3.33. The van der Waals surface area contributed by atoms with E-state index in [1.165, 1.54) is 32.1 Å². The van der Waals surface area contributed by atoms with Gasteiger partial charge in [-0.3, -0.25) is 4.79 Å². The van der Waals surface area contributed by atoms with Crippen LogP contribution in [0.15, 0.2) is 0 Å². The summed E-state index contributed by atoms with van der Waals surface area (Å²) in [5.74, 6) is 1.35. The van der Waals surface area contributed by atoms with Crippen LogP contribution < -0.4 is 0 Å². The molecule has 1 heteroatoms. The molecule has 12 heavy (non-hydrogen) atoms. The van der Waals surface area contributed by atoms with Gasteiger partial charge in [-0.05, 0) is 18.8 Å². The van der Waals surface area contributed by atoms with Crippen molar-refractivity contribution in [1.82, 2.24) is 0 Å². The topological polar surface area (TPSA) is 17.1 Å². The number of hydrogen-bond donors (Lipinski definition) is 0. The smallest absolute Gasteiger partial charge is 0.132 e. The summed E-state index contributed by atoms with van der Waals surface area (Å²) in [6.07, 6.45) is 9.31. The summed E-state index contributed by atoms with van der Waals surface area (Å²) in [6, 6.07) is 0. The van der Waals surface area contributed by atoms with Crippen LogP contribution in [0.1, 0.15) is 58.3 Å². The Morgan fingerprint density at radius 3 is 2.92 bits per heavy atom. The molecule has 1 nitrogen and oxygen atoms in total. The molecule has 0 aromatic rings. The molecule has 0 bridgehead atoms. The SMILES string of the molecule is CCCCC1CCCC(=O)CC1. The van der Waals surface area contributed by atoms with Gasteiger partial charge in [0, 0.05) is 12.8 Å². The van der Waals surface area contributed by atoms with Gasteiger partial charge in [-0.25, -0.2) is 0 Å². The van der Waals surface area contributed by atoms with E-state index in [0.29, 0.717) is 5.78 Å². The molecule has 0 radical (unpaired) electrons. The largest absolute Gasteiger partial charge is 0.300 e. The molecule has 1 rings (SSSR count). The van der Waals surface area contributed by atoms with Crippen LogP contribution in [-0.4, -0.2) is 5.78 Å². The van der Waals surface area contributed by atoms with E-state index >= 15 is 0 Å². The monoisotopic (exact) mass is 168 g/mol. The summed E-state index contributed by atoms with van der Waals surface area (Å²) in [5.41, 5.74) is 0. The third kappa shape index (κ3) is 3.38. The van der Waals surface area contributed by atoms with Crippen LogP contribution in [0.3, 0.4) is 0 Å². The van der Waals surface area contributed by atoms with Gasteiger partial charge in [-0.15, -0.1) is 0 Å². The summed E-state index contributed by atoms with van der Waals surface area (Å²) < 4.78 is 0. The maximum absolute atomic E-state index is 11.1. The molecule has 1 atom stereocenters. The first-order chi connectivity index (χ1) is 5.83. The highest BCUT2D eigenvalue weighted by molar-refractivity contribution is 5.78. The lowest BCUT2D eigenvalue weighted by Crippen LogP contribution is -1.99. The van der Waals surface area contributed by atoms with Gasteiger partial charge in [0.25, 0.3) is 0 Å². The van der Waals surface area contributed by atoms with Gasteiger partial charge in [-0.2, -0.15) is 0 Å². The fraction of sp³-hybridized carbons (Fsp3) is 0.909. The second-order valence-electron chi connectivity index (χ2n) is 3.98. The lowest BCUT2D eigenvalue weighted by atomic mass is 9.94. The van der Waals surface area contributed by atoms with E-state index in [1.54, 1.807) is 0 Å². The maximum atomic E-state index is 11.1. The lowest BCUT2D eigenvalue weighted by Gasteiger charge is -2.11. The van der Waals surface area contributed by atoms with E-state index in [2.05, 4.69) is 6.92 Å². The number of unbranched alkanes of at least 4 members (excludes halogenated alkanes) is 1. The second kappa shape index (κ2) is 5.34. The standard InChI is InChI=1S/C11H20O/c1-2-3-5-10-6-4-7-11(12)9-8-10/h10H,2-9H2,1H3. The summed E-state index contributed by atoms with van der Waals surface area (Å²) in [7, 11) is 0. The van der Waals surface area contributed by atoms with Crippen LogP contribution in [0, 0.1) is 5.92 Å². The summed E-state index contributed by atoms with van der Waals surface area (Å²) in [4.78, 5) is 11.1. The fourth-order valence-electron chi connectivity index (χ4n) is 2.00. The third-order valence-corrected chi connectivity index (χ3v) is 2.87. The van der Waals surface area contributed by atoms with Gasteiger partial charge in [0.1, 0.15) is 5.78 Å². The third-order valence-electron chi connectivity index (χ3n) is 2.87. The molecular weight excluding hydrogens is 148 g/mol. The van der Waals surface area contributed by atoms with Crippen LogP contribution >= 0.6 is 0 Å². The van der Waals surface area contributed by atoms with Crippen LogP contribution in [0.4, 0.5) is 0 Å². The van der Waals surface area contributed by atoms with Gasteiger partial charge >= 0.3 is 0 Å². The Labute approximate surface area is 75.5 Å². The predicted molar refractivity (Wildman–Crippen MR) is 51.1 cm³/mol. The fourth-order valence-corrected chi connectivity index (χ4v) is 2.00. The highest BCUT2D eigenvalue weighted by atomic mass is 16.1. The van der Waals surface area contributed by atoms with Crippen molar-refractivity contribution in [2.45, 2.75) is 58.3 Å². The van der Waals surface area contributed by atoms with E-state index in [9.17, 15) is 4.79 Å². The Morgan fingerprint density at radius 1 is 1.33 bits per heavy atom. The molecule has 0 spiro atoms. The Kier molecular flexibility index (Phi) is 4.34. The number of carbonyl (C=O) groups excluding carboxylic acids is 1. The lowest BCUT2D eigenvalue weighted by molar-refractivity contribution is -0.118. The van der Waals surface area contributed by atoms with E-state index in [0.717, 1.165) is 25.2 Å². The Balaban J connectivity index is 2.21. The number of hydrogen-bond acceptors (Lipinski definition) is 1. The number of Topliss-reactive ketones (excluding diaryl/α,β-unsaturated/α-hetero) is 1. The van der Waals surface area contributed by atoms with Gasteiger partial charge in [0.2, 0.25) is 0 Å². The first-order valence-corrected chi connectivity index (χ1v) is 5.34. The Hall–Kier alpha value is -0.330. The van der Waals surface area contributed by atoms with Crippen LogP contribution in [-0.2, 0) is 4.79 Å². The van der Waals surface area contributed by atoms with Gasteiger partial charge < -0.3 is 0 Å². The molecule has 0 aliphatic heterocycles. The van der Waals surface area contributed by atoms with E-state index in [-0.39, 0.29) is 0 Å². The molecule has 1 aliphatic rings. The molecular formula is C11H20O. The van der Waals surface area contributed by atoms with E-state index in [1.807, 2.05) is 0 Å². The summed E-state index contributed by atoms with van der Waals surface area (Å²) in [5, 5.41) is 0. The molecule has 1 aliphatic carbocycles. The van der Waals surface area contributed by atoms with Crippen molar-refractivity contribution >= 4 is 5.78 Å². The number of carbonyl (C=O) groups is 1. The van der Waals surface area contributed by atoms with Gasteiger partial charge in [-0.1, -0.05) is 32.6 Å². The molecule has 0 saturated heterocycles. The zero-order chi connectivity index (χ0) is 8.81. The van der Waals surface area contributed by atoms with E-state index in [4.69, 9.17) is 0 Å². The summed E-state index contributed by atoms with van der Waals surface area (Å²) in [6.45, 7) is 2.24. The van der Waals surface area contributed by atoms with Crippen LogP contribution in [0.2, 0.25) is 0 Å².